The van der Waals surface area contributed by atoms with Crippen molar-refractivity contribution in [2.75, 3.05) is 0 Å². The Morgan fingerprint density at radius 3 is 2.71 bits per heavy atom. The average Bonchev–Trinajstić information content (AvgIpc) is 3.31. The molecule has 1 amide bonds. The molecule has 4 rings (SSSR count). The smallest absolute Gasteiger partial charge is 0.244 e. The number of nitrogens with one attached hydrogen (secondary N) is 1. The van der Waals surface area contributed by atoms with Crippen molar-refractivity contribution >= 4 is 23.0 Å². The maximum absolute atomic E-state index is 13.3. The Balaban J connectivity index is 1.56. The standard InChI is InChI=1S/C22H18FN3O2/c1-26-13-12-24-22(26)21(15-6-8-17(23)9-7-15)25-20(27)11-10-18-14-16-4-2-3-5-19(16)28-18/h2-14,21H,1H3,(H,25,27)/b11-10+. The second kappa shape index (κ2) is 7.52. The zero-order valence-corrected chi connectivity index (χ0v) is 15.2. The SMILES string of the molecule is Cn1ccnc1C(NC(=O)/C=C/c1cc2ccccc2o1)c1ccc(F)cc1. The monoisotopic (exact) mass is 375 g/mol. The summed E-state index contributed by atoms with van der Waals surface area (Å²) in [6.07, 6.45) is 6.48. The summed E-state index contributed by atoms with van der Waals surface area (Å²) in [5.74, 6) is 0.597. The number of aromatic nitrogens is 2. The van der Waals surface area contributed by atoms with Gasteiger partial charge < -0.3 is 14.3 Å². The second-order valence-electron chi connectivity index (χ2n) is 6.41. The van der Waals surface area contributed by atoms with Gasteiger partial charge in [-0.3, -0.25) is 4.79 Å². The number of hydrogen-bond donors (Lipinski definition) is 1. The normalized spacial score (nSPS) is 12.5. The molecule has 0 saturated carbocycles. The molecule has 0 bridgehead atoms. The fraction of sp³-hybridized carbons (Fsp3) is 0.0909. The van der Waals surface area contributed by atoms with Crippen LogP contribution in [0.25, 0.3) is 17.0 Å². The highest BCUT2D eigenvalue weighted by molar-refractivity contribution is 5.92. The molecule has 0 aliphatic heterocycles. The molecule has 1 atom stereocenters. The number of rotatable bonds is 5. The third kappa shape index (κ3) is 3.71. The van der Waals surface area contributed by atoms with E-state index in [1.807, 2.05) is 41.9 Å². The number of nitrogens with zero attached hydrogens (tertiary/aromatic N) is 2. The number of furan rings is 1. The van der Waals surface area contributed by atoms with Gasteiger partial charge in [0.2, 0.25) is 5.91 Å². The lowest BCUT2D eigenvalue weighted by Crippen LogP contribution is -2.29. The maximum atomic E-state index is 13.3. The van der Waals surface area contributed by atoms with Gasteiger partial charge in [-0.1, -0.05) is 30.3 Å². The van der Waals surface area contributed by atoms with Gasteiger partial charge >= 0.3 is 0 Å². The van der Waals surface area contributed by atoms with Crippen LogP contribution in [0.1, 0.15) is 23.2 Å². The lowest BCUT2D eigenvalue weighted by molar-refractivity contribution is -0.117. The van der Waals surface area contributed by atoms with Crippen molar-refractivity contribution in [3.63, 3.8) is 0 Å². The number of para-hydroxylation sites is 1. The van der Waals surface area contributed by atoms with Gasteiger partial charge in [-0.2, -0.15) is 0 Å². The van der Waals surface area contributed by atoms with E-state index in [9.17, 15) is 9.18 Å². The summed E-state index contributed by atoms with van der Waals surface area (Å²) >= 11 is 0. The molecule has 2 heterocycles. The Hall–Kier alpha value is -3.67. The average molecular weight is 375 g/mol. The Kier molecular flexibility index (Phi) is 4.76. The zero-order chi connectivity index (χ0) is 19.5. The van der Waals surface area contributed by atoms with Gasteiger partial charge in [0.1, 0.15) is 29.0 Å². The van der Waals surface area contributed by atoms with Gasteiger partial charge in [-0.15, -0.1) is 0 Å². The Bertz CT molecular complexity index is 1110. The number of imidazole rings is 1. The zero-order valence-electron chi connectivity index (χ0n) is 15.2. The van der Waals surface area contributed by atoms with Gasteiger partial charge in [0.05, 0.1) is 0 Å². The summed E-state index contributed by atoms with van der Waals surface area (Å²) in [4.78, 5) is 16.9. The number of benzene rings is 2. The fourth-order valence-electron chi connectivity index (χ4n) is 3.04. The molecule has 1 N–H and O–H groups in total. The molecule has 2 aromatic carbocycles. The van der Waals surface area contributed by atoms with E-state index in [1.54, 1.807) is 30.6 Å². The number of amides is 1. The predicted molar refractivity (Wildman–Crippen MR) is 105 cm³/mol. The topological polar surface area (TPSA) is 60.1 Å². The summed E-state index contributed by atoms with van der Waals surface area (Å²) in [5, 5.41) is 3.90. The van der Waals surface area contributed by atoms with Crippen LogP contribution in [0.4, 0.5) is 4.39 Å². The minimum atomic E-state index is -0.506. The second-order valence-corrected chi connectivity index (χ2v) is 6.41. The van der Waals surface area contributed by atoms with Crippen LogP contribution in [0.3, 0.4) is 0 Å². The van der Waals surface area contributed by atoms with Gasteiger partial charge in [-0.05, 0) is 35.9 Å². The van der Waals surface area contributed by atoms with E-state index in [2.05, 4.69) is 10.3 Å². The Morgan fingerprint density at radius 2 is 2.00 bits per heavy atom. The predicted octanol–water partition coefficient (Wildman–Crippen LogP) is 4.22. The van der Waals surface area contributed by atoms with E-state index in [-0.39, 0.29) is 11.7 Å². The van der Waals surface area contributed by atoms with Crippen molar-refractivity contribution in [2.24, 2.45) is 7.05 Å². The molecule has 5 nitrogen and oxygen atoms in total. The first kappa shape index (κ1) is 17.7. The first-order chi connectivity index (χ1) is 13.6. The van der Waals surface area contributed by atoms with E-state index >= 15 is 0 Å². The highest BCUT2D eigenvalue weighted by atomic mass is 19.1. The van der Waals surface area contributed by atoms with Gasteiger partial charge in [0.25, 0.3) is 0 Å². The minimum Gasteiger partial charge on any atom is -0.457 e. The van der Waals surface area contributed by atoms with Gasteiger partial charge in [0, 0.05) is 30.9 Å². The van der Waals surface area contributed by atoms with E-state index < -0.39 is 6.04 Å². The Morgan fingerprint density at radius 1 is 1.21 bits per heavy atom. The van der Waals surface area contributed by atoms with Crippen LogP contribution >= 0.6 is 0 Å². The molecule has 0 spiro atoms. The van der Waals surface area contributed by atoms with Crippen LogP contribution in [0.5, 0.6) is 0 Å². The minimum absolute atomic E-state index is 0.308. The van der Waals surface area contributed by atoms with Gasteiger partial charge in [-0.25, -0.2) is 9.37 Å². The molecule has 0 radical (unpaired) electrons. The van der Waals surface area contributed by atoms with E-state index in [1.165, 1.54) is 18.2 Å². The number of carbonyl (C=O) groups is 1. The highest BCUT2D eigenvalue weighted by Crippen LogP contribution is 2.22. The number of fused-ring (bicyclic) bond motifs is 1. The molecule has 0 fully saturated rings. The summed E-state index contributed by atoms with van der Waals surface area (Å²) in [6, 6.07) is 15.0. The molecule has 1 unspecified atom stereocenters. The first-order valence-corrected chi connectivity index (χ1v) is 8.80. The molecule has 28 heavy (non-hydrogen) atoms. The lowest BCUT2D eigenvalue weighted by Gasteiger charge is -2.18. The molecular weight excluding hydrogens is 357 g/mol. The van der Waals surface area contributed by atoms with Crippen LogP contribution in [0.2, 0.25) is 0 Å². The lowest BCUT2D eigenvalue weighted by atomic mass is 10.1. The highest BCUT2D eigenvalue weighted by Gasteiger charge is 2.20. The van der Waals surface area contributed by atoms with Crippen molar-refractivity contribution in [1.29, 1.82) is 0 Å². The van der Waals surface area contributed by atoms with Crippen molar-refractivity contribution in [2.45, 2.75) is 6.04 Å². The molecule has 0 aliphatic carbocycles. The number of hydrogen-bond acceptors (Lipinski definition) is 3. The van der Waals surface area contributed by atoms with Crippen molar-refractivity contribution in [1.82, 2.24) is 14.9 Å². The Labute approximate surface area is 161 Å². The van der Waals surface area contributed by atoms with Crippen molar-refractivity contribution in [3.8, 4) is 0 Å². The van der Waals surface area contributed by atoms with Gasteiger partial charge in [0.15, 0.2) is 0 Å². The van der Waals surface area contributed by atoms with Crippen LogP contribution in [0.15, 0.2) is 77.5 Å². The molecular formula is C22H18FN3O2. The molecule has 0 saturated heterocycles. The summed E-state index contributed by atoms with van der Waals surface area (Å²) < 4.78 is 20.8. The summed E-state index contributed by atoms with van der Waals surface area (Å²) in [6.45, 7) is 0. The first-order valence-electron chi connectivity index (χ1n) is 8.80. The van der Waals surface area contributed by atoms with Crippen LogP contribution in [-0.4, -0.2) is 15.5 Å². The molecule has 4 aromatic rings. The van der Waals surface area contributed by atoms with Crippen molar-refractivity contribution in [3.05, 3.63) is 96.0 Å². The number of aryl methyl sites for hydroxylation is 1. The van der Waals surface area contributed by atoms with Crippen LogP contribution in [-0.2, 0) is 11.8 Å². The van der Waals surface area contributed by atoms with E-state index in [4.69, 9.17) is 4.42 Å². The number of halogens is 1. The molecule has 6 heteroatoms. The van der Waals surface area contributed by atoms with Crippen molar-refractivity contribution < 1.29 is 13.6 Å². The third-order valence-corrected chi connectivity index (χ3v) is 4.45. The van der Waals surface area contributed by atoms with Crippen LogP contribution < -0.4 is 5.32 Å². The van der Waals surface area contributed by atoms with E-state index in [0.717, 1.165) is 16.5 Å². The quantitative estimate of drug-likeness (QED) is 0.531. The molecule has 0 aliphatic rings. The molecule has 140 valence electrons. The summed E-state index contributed by atoms with van der Waals surface area (Å²) in [5.41, 5.74) is 1.50. The van der Waals surface area contributed by atoms with Crippen LogP contribution in [0, 0.1) is 5.82 Å². The largest absolute Gasteiger partial charge is 0.457 e. The fourth-order valence-corrected chi connectivity index (χ4v) is 3.04. The summed E-state index contributed by atoms with van der Waals surface area (Å²) in [7, 11) is 1.84. The van der Waals surface area contributed by atoms with E-state index in [0.29, 0.717) is 11.6 Å². The number of carbonyl (C=O) groups excluding carboxylic acids is 1. The third-order valence-electron chi connectivity index (χ3n) is 4.45. The molecule has 2 aromatic heterocycles. The maximum Gasteiger partial charge on any atom is 0.244 e.